The molecule has 126 valence electrons. The minimum absolute atomic E-state index is 0.0240. The van der Waals surface area contributed by atoms with Gasteiger partial charge in [-0.1, -0.05) is 19.3 Å². The Hall–Kier alpha value is -1.14. The summed E-state index contributed by atoms with van der Waals surface area (Å²) in [6.07, 6.45) is 5.79. The lowest BCUT2D eigenvalue weighted by atomic mass is 9.95. The van der Waals surface area contributed by atoms with E-state index < -0.39 is 0 Å². The molecule has 2 rings (SSSR count). The Morgan fingerprint density at radius 3 is 2.50 bits per heavy atom. The van der Waals surface area contributed by atoms with Crippen molar-refractivity contribution in [2.75, 3.05) is 45.9 Å². The van der Waals surface area contributed by atoms with Crippen LogP contribution in [0.1, 0.15) is 39.0 Å². The van der Waals surface area contributed by atoms with Crippen molar-refractivity contribution in [3.05, 3.63) is 0 Å². The lowest BCUT2D eigenvalue weighted by molar-refractivity contribution is -0.135. The van der Waals surface area contributed by atoms with E-state index in [1.54, 1.807) is 4.90 Å². The van der Waals surface area contributed by atoms with E-state index >= 15 is 0 Å². The maximum absolute atomic E-state index is 12.1. The summed E-state index contributed by atoms with van der Waals surface area (Å²) >= 11 is 0. The second kappa shape index (κ2) is 9.10. The van der Waals surface area contributed by atoms with Crippen molar-refractivity contribution in [1.82, 2.24) is 15.1 Å². The highest BCUT2D eigenvalue weighted by Crippen LogP contribution is 2.17. The van der Waals surface area contributed by atoms with Crippen molar-refractivity contribution in [2.24, 2.45) is 0 Å². The fourth-order valence-corrected chi connectivity index (χ4v) is 3.13. The average Bonchev–Trinajstić information content (AvgIpc) is 2.53. The number of hydrogen-bond donors (Lipinski definition) is 1. The maximum Gasteiger partial charge on any atom is 0.239 e. The zero-order valence-electron chi connectivity index (χ0n) is 13.7. The first kappa shape index (κ1) is 17.2. The minimum atomic E-state index is -0.0351. The molecule has 0 spiro atoms. The van der Waals surface area contributed by atoms with E-state index in [0.29, 0.717) is 12.6 Å². The first-order chi connectivity index (χ1) is 10.6. The van der Waals surface area contributed by atoms with Gasteiger partial charge in [0.05, 0.1) is 19.8 Å². The van der Waals surface area contributed by atoms with Crippen molar-refractivity contribution in [2.45, 2.75) is 45.1 Å². The summed E-state index contributed by atoms with van der Waals surface area (Å²) in [4.78, 5) is 27.8. The Kier molecular flexibility index (Phi) is 7.12. The van der Waals surface area contributed by atoms with Crippen LogP contribution in [0.5, 0.6) is 0 Å². The summed E-state index contributed by atoms with van der Waals surface area (Å²) in [5.41, 5.74) is 0. The van der Waals surface area contributed by atoms with Gasteiger partial charge in [-0.2, -0.15) is 0 Å². The SMILES string of the molecule is CC(=O)N(CCN1CCOCC1)CC(=O)NC1CCCCC1. The van der Waals surface area contributed by atoms with Crippen LogP contribution in [0.3, 0.4) is 0 Å². The third-order valence-electron chi connectivity index (χ3n) is 4.54. The predicted octanol–water partition coefficient (Wildman–Crippen LogP) is 0.616. The Labute approximate surface area is 133 Å². The van der Waals surface area contributed by atoms with Gasteiger partial charge in [-0.15, -0.1) is 0 Å². The Morgan fingerprint density at radius 1 is 1.18 bits per heavy atom. The number of nitrogens with zero attached hydrogens (tertiary/aromatic N) is 2. The number of carbonyl (C=O) groups is 2. The van der Waals surface area contributed by atoms with E-state index in [4.69, 9.17) is 4.74 Å². The lowest BCUT2D eigenvalue weighted by Gasteiger charge is -2.30. The highest BCUT2D eigenvalue weighted by atomic mass is 16.5. The normalized spacial score (nSPS) is 20.6. The minimum Gasteiger partial charge on any atom is -0.379 e. The highest BCUT2D eigenvalue weighted by Gasteiger charge is 2.19. The monoisotopic (exact) mass is 311 g/mol. The predicted molar refractivity (Wildman–Crippen MR) is 84.5 cm³/mol. The topological polar surface area (TPSA) is 61.9 Å². The van der Waals surface area contributed by atoms with Crippen LogP contribution in [0.25, 0.3) is 0 Å². The molecule has 1 heterocycles. The van der Waals surface area contributed by atoms with Gasteiger partial charge >= 0.3 is 0 Å². The summed E-state index contributed by atoms with van der Waals surface area (Å²) in [5, 5.41) is 3.08. The second-order valence-corrected chi connectivity index (χ2v) is 6.30. The molecule has 2 aliphatic rings. The fraction of sp³-hybridized carbons (Fsp3) is 0.875. The zero-order chi connectivity index (χ0) is 15.8. The standard InChI is InChI=1S/C16H29N3O3/c1-14(20)19(8-7-18-9-11-22-12-10-18)13-16(21)17-15-5-3-2-4-6-15/h15H,2-13H2,1H3,(H,17,21). The summed E-state index contributed by atoms with van der Waals surface area (Å²) in [6, 6.07) is 0.300. The molecule has 0 bridgehead atoms. The van der Waals surface area contributed by atoms with Gasteiger partial charge in [0, 0.05) is 39.1 Å². The molecule has 1 saturated carbocycles. The van der Waals surface area contributed by atoms with Crippen molar-refractivity contribution in [3.8, 4) is 0 Å². The summed E-state index contributed by atoms with van der Waals surface area (Å²) < 4.78 is 5.32. The van der Waals surface area contributed by atoms with Gasteiger partial charge in [0.1, 0.15) is 0 Å². The number of nitrogens with one attached hydrogen (secondary N) is 1. The van der Waals surface area contributed by atoms with Crippen molar-refractivity contribution in [1.29, 1.82) is 0 Å². The van der Waals surface area contributed by atoms with Crippen LogP contribution in [0.2, 0.25) is 0 Å². The van der Waals surface area contributed by atoms with E-state index in [0.717, 1.165) is 45.7 Å². The fourth-order valence-electron chi connectivity index (χ4n) is 3.13. The first-order valence-electron chi connectivity index (χ1n) is 8.50. The van der Waals surface area contributed by atoms with Crippen LogP contribution >= 0.6 is 0 Å². The van der Waals surface area contributed by atoms with Crippen molar-refractivity contribution >= 4 is 11.8 Å². The maximum atomic E-state index is 12.1. The summed E-state index contributed by atoms with van der Waals surface area (Å²) in [5.74, 6) is -0.0591. The summed E-state index contributed by atoms with van der Waals surface area (Å²) in [7, 11) is 0. The Morgan fingerprint density at radius 2 is 1.86 bits per heavy atom. The molecular formula is C16H29N3O3. The number of morpholine rings is 1. The molecule has 6 heteroatoms. The van der Waals surface area contributed by atoms with Gasteiger partial charge in [0.25, 0.3) is 0 Å². The molecule has 0 unspecified atom stereocenters. The van der Waals surface area contributed by atoms with Crippen LogP contribution in [-0.2, 0) is 14.3 Å². The molecule has 0 aromatic heterocycles. The number of ether oxygens (including phenoxy) is 1. The van der Waals surface area contributed by atoms with Crippen LogP contribution in [0.4, 0.5) is 0 Å². The van der Waals surface area contributed by atoms with Crippen LogP contribution < -0.4 is 5.32 Å². The zero-order valence-corrected chi connectivity index (χ0v) is 13.7. The largest absolute Gasteiger partial charge is 0.379 e. The van der Waals surface area contributed by atoms with Crippen LogP contribution in [0.15, 0.2) is 0 Å². The van der Waals surface area contributed by atoms with Crippen LogP contribution in [-0.4, -0.2) is 73.6 Å². The van der Waals surface area contributed by atoms with Gasteiger partial charge in [-0.05, 0) is 12.8 Å². The van der Waals surface area contributed by atoms with Gasteiger partial charge < -0.3 is 15.0 Å². The van der Waals surface area contributed by atoms with Crippen molar-refractivity contribution < 1.29 is 14.3 Å². The molecule has 1 aliphatic carbocycles. The molecule has 1 N–H and O–H groups in total. The van der Waals surface area contributed by atoms with Gasteiger partial charge in [0.2, 0.25) is 11.8 Å². The molecular weight excluding hydrogens is 282 g/mol. The van der Waals surface area contributed by atoms with Crippen molar-refractivity contribution in [3.63, 3.8) is 0 Å². The molecule has 1 aliphatic heterocycles. The van der Waals surface area contributed by atoms with Gasteiger partial charge in [-0.25, -0.2) is 0 Å². The van der Waals surface area contributed by atoms with Gasteiger partial charge in [0.15, 0.2) is 0 Å². The number of hydrogen-bond acceptors (Lipinski definition) is 4. The molecule has 2 amide bonds. The number of carbonyl (C=O) groups excluding carboxylic acids is 2. The highest BCUT2D eigenvalue weighted by molar-refractivity contribution is 5.83. The van der Waals surface area contributed by atoms with E-state index in [9.17, 15) is 9.59 Å². The molecule has 0 radical (unpaired) electrons. The van der Waals surface area contributed by atoms with E-state index in [1.807, 2.05) is 0 Å². The third-order valence-corrected chi connectivity index (χ3v) is 4.54. The number of amides is 2. The first-order valence-corrected chi connectivity index (χ1v) is 8.50. The lowest BCUT2D eigenvalue weighted by Crippen LogP contribution is -2.47. The molecule has 0 aromatic carbocycles. The smallest absolute Gasteiger partial charge is 0.239 e. The summed E-state index contributed by atoms with van der Waals surface area (Å²) in [6.45, 7) is 6.43. The quantitative estimate of drug-likeness (QED) is 0.781. The van der Waals surface area contributed by atoms with Crippen LogP contribution in [0, 0.1) is 0 Å². The average molecular weight is 311 g/mol. The molecule has 0 atom stereocenters. The van der Waals surface area contributed by atoms with Gasteiger partial charge in [-0.3, -0.25) is 14.5 Å². The third kappa shape index (κ3) is 5.93. The number of rotatable bonds is 6. The molecule has 1 saturated heterocycles. The van der Waals surface area contributed by atoms with E-state index in [1.165, 1.54) is 26.2 Å². The molecule has 6 nitrogen and oxygen atoms in total. The second-order valence-electron chi connectivity index (χ2n) is 6.30. The molecule has 22 heavy (non-hydrogen) atoms. The molecule has 0 aromatic rings. The Balaban J connectivity index is 1.72. The van der Waals surface area contributed by atoms with E-state index in [2.05, 4.69) is 10.2 Å². The Bertz CT molecular complexity index is 364. The van der Waals surface area contributed by atoms with E-state index in [-0.39, 0.29) is 18.4 Å². The molecule has 2 fully saturated rings.